The third-order valence-corrected chi connectivity index (χ3v) is 2.37. The molecule has 0 N–H and O–H groups in total. The second-order valence-electron chi connectivity index (χ2n) is 3.54. The minimum absolute atomic E-state index is 0.238. The van der Waals surface area contributed by atoms with E-state index in [1.165, 1.54) is 0 Å². The number of amides is 1. The van der Waals surface area contributed by atoms with Crippen LogP contribution >= 0.6 is 0 Å². The molecule has 1 aliphatic rings. The van der Waals surface area contributed by atoms with Crippen molar-refractivity contribution in [2.24, 2.45) is 0 Å². The molecule has 1 heterocycles. The molecule has 0 aromatic rings. The van der Waals surface area contributed by atoms with Crippen molar-refractivity contribution in [2.45, 2.75) is 32.7 Å². The molecule has 0 unspecified atom stereocenters. The van der Waals surface area contributed by atoms with Crippen LogP contribution in [-0.4, -0.2) is 42.8 Å². The summed E-state index contributed by atoms with van der Waals surface area (Å²) in [6.45, 7) is 4.75. The molecule has 94 valence electrons. The largest absolute Gasteiger partial charge is 0.456 e. The molecule has 5 heteroatoms. The molecule has 0 aliphatic carbocycles. The van der Waals surface area contributed by atoms with Gasteiger partial charge in [0.25, 0.3) is 0 Å². The summed E-state index contributed by atoms with van der Waals surface area (Å²) in [4.78, 5) is 24.2. The zero-order valence-corrected chi connectivity index (χ0v) is 10.2. The summed E-state index contributed by atoms with van der Waals surface area (Å²) in [5.41, 5.74) is 0. The first-order valence-corrected chi connectivity index (χ1v) is 5.80. The van der Waals surface area contributed by atoms with Crippen molar-refractivity contribution >= 4 is 12.1 Å². The maximum atomic E-state index is 11.5. The summed E-state index contributed by atoms with van der Waals surface area (Å²) >= 11 is 0. The average Bonchev–Trinajstić information content (AvgIpc) is 2.75. The molecule has 0 aromatic heterocycles. The quantitative estimate of drug-likeness (QED) is 0.412. The van der Waals surface area contributed by atoms with Gasteiger partial charge in [-0.05, 0) is 26.7 Å². The number of nitrogens with zero attached hydrogens (tertiary/aromatic N) is 1. The number of esters is 1. The van der Waals surface area contributed by atoms with Crippen LogP contribution in [0, 0.1) is 11.8 Å². The third kappa shape index (κ3) is 3.99. The Morgan fingerprint density at radius 3 is 2.65 bits per heavy atom. The second-order valence-corrected chi connectivity index (χ2v) is 3.54. The van der Waals surface area contributed by atoms with E-state index in [1.807, 2.05) is 0 Å². The summed E-state index contributed by atoms with van der Waals surface area (Å²) < 4.78 is 9.61. The molecule has 5 nitrogen and oxygen atoms in total. The van der Waals surface area contributed by atoms with E-state index in [9.17, 15) is 9.59 Å². The van der Waals surface area contributed by atoms with E-state index in [0.717, 1.165) is 12.8 Å². The SMILES string of the molecule is CCOC(=O)C#C[C@@H]1CCCN1C(=O)OCC. The molecule has 0 spiro atoms. The third-order valence-electron chi connectivity index (χ3n) is 2.37. The number of ether oxygens (including phenoxy) is 2. The Bertz CT molecular complexity index is 342. The van der Waals surface area contributed by atoms with Crippen LogP contribution in [0.1, 0.15) is 26.7 Å². The van der Waals surface area contributed by atoms with Crippen LogP contribution < -0.4 is 0 Å². The summed E-state index contributed by atoms with van der Waals surface area (Å²) in [6, 6.07) is -0.238. The van der Waals surface area contributed by atoms with Crippen molar-refractivity contribution in [3.8, 4) is 11.8 Å². The molecule has 0 aromatic carbocycles. The van der Waals surface area contributed by atoms with E-state index < -0.39 is 5.97 Å². The number of carbonyl (C=O) groups excluding carboxylic acids is 2. The molecule has 0 saturated carbocycles. The molecule has 1 amide bonds. The molecular weight excluding hydrogens is 222 g/mol. The van der Waals surface area contributed by atoms with Gasteiger partial charge < -0.3 is 9.47 Å². The molecule has 1 rings (SSSR count). The number of carbonyl (C=O) groups is 2. The fraction of sp³-hybridized carbons (Fsp3) is 0.667. The summed E-state index contributed by atoms with van der Waals surface area (Å²) in [5, 5.41) is 0. The van der Waals surface area contributed by atoms with Gasteiger partial charge in [0, 0.05) is 12.5 Å². The normalized spacial score (nSPS) is 18.2. The second kappa shape index (κ2) is 6.79. The zero-order chi connectivity index (χ0) is 12.7. The first-order valence-electron chi connectivity index (χ1n) is 5.80. The Labute approximate surface area is 101 Å². The highest BCUT2D eigenvalue weighted by Gasteiger charge is 2.28. The molecule has 0 radical (unpaired) electrons. The maximum absolute atomic E-state index is 11.5. The van der Waals surface area contributed by atoms with E-state index in [-0.39, 0.29) is 12.1 Å². The standard InChI is InChI=1S/C12H17NO4/c1-3-16-11(14)8-7-10-6-5-9-13(10)12(15)17-4-2/h10H,3-6,9H2,1-2H3/t10-/m0/s1. The lowest BCUT2D eigenvalue weighted by Crippen LogP contribution is -2.35. The van der Waals surface area contributed by atoms with Crippen LogP contribution in [0.3, 0.4) is 0 Å². The van der Waals surface area contributed by atoms with Gasteiger partial charge in [0.2, 0.25) is 0 Å². The van der Waals surface area contributed by atoms with E-state index >= 15 is 0 Å². The van der Waals surface area contributed by atoms with Crippen molar-refractivity contribution in [1.29, 1.82) is 0 Å². The van der Waals surface area contributed by atoms with Crippen LogP contribution in [0.2, 0.25) is 0 Å². The molecule has 0 bridgehead atoms. The molecular formula is C12H17NO4. The molecule has 17 heavy (non-hydrogen) atoms. The van der Waals surface area contributed by atoms with Gasteiger partial charge in [0.1, 0.15) is 0 Å². The number of hydrogen-bond donors (Lipinski definition) is 0. The van der Waals surface area contributed by atoms with E-state index in [0.29, 0.717) is 19.8 Å². The fourth-order valence-corrected chi connectivity index (χ4v) is 1.65. The van der Waals surface area contributed by atoms with E-state index in [4.69, 9.17) is 9.47 Å². The Morgan fingerprint density at radius 2 is 2.00 bits per heavy atom. The Hall–Kier alpha value is -1.70. The summed E-state index contributed by atoms with van der Waals surface area (Å²) in [5.74, 6) is 4.60. The monoisotopic (exact) mass is 239 g/mol. The summed E-state index contributed by atoms with van der Waals surface area (Å²) in [6.07, 6.45) is 1.28. The summed E-state index contributed by atoms with van der Waals surface area (Å²) in [7, 11) is 0. The number of likely N-dealkylation sites (tertiary alicyclic amines) is 1. The maximum Gasteiger partial charge on any atom is 0.410 e. The van der Waals surface area contributed by atoms with Gasteiger partial charge in [0.05, 0.1) is 19.3 Å². The van der Waals surface area contributed by atoms with Crippen molar-refractivity contribution in [2.75, 3.05) is 19.8 Å². The van der Waals surface area contributed by atoms with Crippen molar-refractivity contribution < 1.29 is 19.1 Å². The van der Waals surface area contributed by atoms with Gasteiger partial charge in [-0.1, -0.05) is 5.92 Å². The predicted octanol–water partition coefficient (Wildman–Crippen LogP) is 1.17. The van der Waals surface area contributed by atoms with Crippen LogP contribution in [-0.2, 0) is 14.3 Å². The lowest BCUT2D eigenvalue weighted by Gasteiger charge is -2.19. The lowest BCUT2D eigenvalue weighted by molar-refractivity contribution is -0.136. The predicted molar refractivity (Wildman–Crippen MR) is 61.2 cm³/mol. The highest BCUT2D eigenvalue weighted by atomic mass is 16.6. The molecule has 1 fully saturated rings. The first kappa shape index (κ1) is 13.4. The van der Waals surface area contributed by atoms with Crippen LogP contribution in [0.5, 0.6) is 0 Å². The smallest absolute Gasteiger partial charge is 0.410 e. The minimum Gasteiger partial charge on any atom is -0.456 e. The minimum atomic E-state index is -0.553. The van der Waals surface area contributed by atoms with Crippen molar-refractivity contribution in [3.63, 3.8) is 0 Å². The average molecular weight is 239 g/mol. The zero-order valence-electron chi connectivity index (χ0n) is 10.2. The fourth-order valence-electron chi connectivity index (χ4n) is 1.65. The van der Waals surface area contributed by atoms with Gasteiger partial charge in [-0.15, -0.1) is 0 Å². The Kier molecular flexibility index (Phi) is 5.34. The Morgan fingerprint density at radius 1 is 1.29 bits per heavy atom. The van der Waals surface area contributed by atoms with E-state index in [1.54, 1.807) is 18.7 Å². The highest BCUT2D eigenvalue weighted by Crippen LogP contribution is 2.17. The van der Waals surface area contributed by atoms with Gasteiger partial charge in [0.15, 0.2) is 0 Å². The number of hydrogen-bond acceptors (Lipinski definition) is 4. The topological polar surface area (TPSA) is 55.8 Å². The van der Waals surface area contributed by atoms with Gasteiger partial charge >= 0.3 is 12.1 Å². The number of rotatable bonds is 2. The van der Waals surface area contributed by atoms with Gasteiger partial charge in [-0.2, -0.15) is 0 Å². The highest BCUT2D eigenvalue weighted by molar-refractivity contribution is 5.88. The Balaban J connectivity index is 2.57. The van der Waals surface area contributed by atoms with Gasteiger partial charge in [-0.25, -0.2) is 9.59 Å². The van der Waals surface area contributed by atoms with Crippen LogP contribution in [0.4, 0.5) is 4.79 Å². The van der Waals surface area contributed by atoms with Crippen LogP contribution in [0.15, 0.2) is 0 Å². The first-order chi connectivity index (χ1) is 8.19. The van der Waals surface area contributed by atoms with Crippen molar-refractivity contribution in [3.05, 3.63) is 0 Å². The van der Waals surface area contributed by atoms with Crippen LogP contribution in [0.25, 0.3) is 0 Å². The molecule has 1 atom stereocenters. The van der Waals surface area contributed by atoms with Crippen molar-refractivity contribution in [1.82, 2.24) is 4.90 Å². The van der Waals surface area contributed by atoms with Gasteiger partial charge in [-0.3, -0.25) is 4.90 Å². The van der Waals surface area contributed by atoms with E-state index in [2.05, 4.69) is 11.8 Å². The molecule has 1 aliphatic heterocycles. The lowest BCUT2D eigenvalue weighted by atomic mass is 10.2. The molecule has 1 saturated heterocycles.